The van der Waals surface area contributed by atoms with Crippen molar-refractivity contribution in [2.75, 3.05) is 51.7 Å². The second kappa shape index (κ2) is 8.98. The molecule has 2 amide bonds. The largest absolute Gasteiger partial charge is 0.368 e. The number of amides is 2. The summed E-state index contributed by atoms with van der Waals surface area (Å²) in [5, 5.41) is 6.02. The van der Waals surface area contributed by atoms with Gasteiger partial charge in [-0.2, -0.15) is 0 Å². The van der Waals surface area contributed by atoms with E-state index in [1.165, 1.54) is 12.1 Å². The number of hydrogen-bond acceptors (Lipinski definition) is 5. The highest BCUT2D eigenvalue weighted by Crippen LogP contribution is 2.26. The summed E-state index contributed by atoms with van der Waals surface area (Å²) in [6, 6.07) is 5.49. The zero-order chi connectivity index (χ0) is 20.1. The van der Waals surface area contributed by atoms with Crippen molar-refractivity contribution in [2.45, 2.75) is 31.4 Å². The molecule has 28 heavy (non-hydrogen) atoms. The summed E-state index contributed by atoms with van der Waals surface area (Å²) < 4.78 is 18.9. The number of methoxy groups -OCH3 is 1. The lowest BCUT2D eigenvalue weighted by molar-refractivity contribution is -0.160. The van der Waals surface area contributed by atoms with Crippen molar-refractivity contribution >= 4 is 17.5 Å². The summed E-state index contributed by atoms with van der Waals surface area (Å²) in [5.74, 6) is -0.521. The van der Waals surface area contributed by atoms with Gasteiger partial charge in [0.15, 0.2) is 0 Å². The van der Waals surface area contributed by atoms with Crippen LogP contribution in [0.3, 0.4) is 0 Å². The molecule has 0 saturated carbocycles. The molecule has 1 aromatic rings. The molecule has 0 radical (unpaired) electrons. The van der Waals surface area contributed by atoms with E-state index in [1.54, 1.807) is 19.2 Å². The van der Waals surface area contributed by atoms with Gasteiger partial charge in [-0.1, -0.05) is 6.07 Å². The van der Waals surface area contributed by atoms with Crippen LogP contribution in [-0.4, -0.2) is 79.6 Å². The Kier molecular flexibility index (Phi) is 6.64. The Hall–Kier alpha value is -2.03. The van der Waals surface area contributed by atoms with Gasteiger partial charge < -0.3 is 20.3 Å². The number of anilines is 1. The fourth-order valence-corrected chi connectivity index (χ4v) is 3.92. The molecular weight excluding hydrogens is 363 g/mol. The molecule has 1 aromatic carbocycles. The van der Waals surface area contributed by atoms with E-state index in [-0.39, 0.29) is 23.7 Å². The molecule has 1 unspecified atom stereocenters. The fourth-order valence-electron chi connectivity index (χ4n) is 3.92. The average molecular weight is 392 g/mol. The average Bonchev–Trinajstić information content (AvgIpc) is 2.73. The first-order valence-corrected chi connectivity index (χ1v) is 9.81. The second-order valence-corrected chi connectivity index (χ2v) is 7.45. The number of halogens is 1. The van der Waals surface area contributed by atoms with Crippen LogP contribution < -0.4 is 10.6 Å². The molecule has 8 heteroatoms. The monoisotopic (exact) mass is 392 g/mol. The molecule has 0 bridgehead atoms. The van der Waals surface area contributed by atoms with Gasteiger partial charge in [0.05, 0.1) is 6.04 Å². The Morgan fingerprint density at radius 2 is 1.89 bits per heavy atom. The predicted octanol–water partition coefficient (Wildman–Crippen LogP) is 1.07. The molecule has 2 heterocycles. The molecule has 0 spiro atoms. The Morgan fingerprint density at radius 3 is 2.50 bits per heavy atom. The van der Waals surface area contributed by atoms with Gasteiger partial charge in [0, 0.05) is 39.0 Å². The normalized spacial score (nSPS) is 21.2. The van der Waals surface area contributed by atoms with E-state index in [0.717, 1.165) is 13.1 Å². The third kappa shape index (κ3) is 4.51. The Bertz CT molecular complexity index is 700. The smallest absolute Gasteiger partial charge is 0.254 e. The lowest BCUT2D eigenvalue weighted by atomic mass is 9.90. The van der Waals surface area contributed by atoms with Gasteiger partial charge in [-0.05, 0) is 51.1 Å². The molecule has 2 fully saturated rings. The van der Waals surface area contributed by atoms with Crippen molar-refractivity contribution in [2.24, 2.45) is 0 Å². The second-order valence-electron chi connectivity index (χ2n) is 7.45. The van der Waals surface area contributed by atoms with Gasteiger partial charge in [-0.15, -0.1) is 0 Å². The summed E-state index contributed by atoms with van der Waals surface area (Å²) in [4.78, 5) is 29.4. The topological polar surface area (TPSA) is 73.9 Å². The number of carbonyl (C=O) groups excluding carboxylic acids is 2. The van der Waals surface area contributed by atoms with E-state index >= 15 is 0 Å². The molecule has 0 aliphatic carbocycles. The van der Waals surface area contributed by atoms with Gasteiger partial charge >= 0.3 is 0 Å². The first-order valence-electron chi connectivity index (χ1n) is 9.81. The van der Waals surface area contributed by atoms with Crippen LogP contribution in [0.25, 0.3) is 0 Å². The maximum absolute atomic E-state index is 13.3. The molecule has 7 nitrogen and oxygen atoms in total. The number of nitrogens with one attached hydrogen (secondary N) is 2. The Morgan fingerprint density at radius 1 is 1.21 bits per heavy atom. The first kappa shape index (κ1) is 20.7. The molecule has 2 aliphatic rings. The van der Waals surface area contributed by atoms with Crippen LogP contribution in [-0.2, 0) is 14.3 Å². The fraction of sp³-hybridized carbons (Fsp3) is 0.600. The number of benzene rings is 1. The number of ether oxygens (including phenoxy) is 1. The van der Waals surface area contributed by atoms with Crippen LogP contribution in [0.2, 0.25) is 0 Å². The number of hydrogen-bond donors (Lipinski definition) is 2. The van der Waals surface area contributed by atoms with Gasteiger partial charge in [0.1, 0.15) is 11.4 Å². The Balaban J connectivity index is 1.54. The van der Waals surface area contributed by atoms with E-state index < -0.39 is 5.60 Å². The van der Waals surface area contributed by atoms with E-state index in [0.29, 0.717) is 44.7 Å². The number of carbonyl (C=O) groups is 2. The lowest BCUT2D eigenvalue weighted by Gasteiger charge is -2.43. The highest BCUT2D eigenvalue weighted by Gasteiger charge is 2.43. The first-order chi connectivity index (χ1) is 13.4. The predicted molar refractivity (Wildman–Crippen MR) is 104 cm³/mol. The van der Waals surface area contributed by atoms with Crippen LogP contribution in [0.4, 0.5) is 10.1 Å². The molecule has 3 rings (SSSR count). The number of piperidine rings is 1. The summed E-state index contributed by atoms with van der Waals surface area (Å²) in [6.07, 6.45) is 1.35. The summed E-state index contributed by atoms with van der Waals surface area (Å²) in [7, 11) is 1.61. The van der Waals surface area contributed by atoms with Crippen LogP contribution in [0.5, 0.6) is 0 Å². The van der Waals surface area contributed by atoms with Crippen molar-refractivity contribution in [3.05, 3.63) is 30.1 Å². The van der Waals surface area contributed by atoms with Gasteiger partial charge in [-0.3, -0.25) is 14.5 Å². The van der Waals surface area contributed by atoms with Crippen LogP contribution in [0, 0.1) is 5.82 Å². The van der Waals surface area contributed by atoms with Gasteiger partial charge in [-0.25, -0.2) is 4.39 Å². The summed E-state index contributed by atoms with van der Waals surface area (Å²) in [6.45, 7) is 5.73. The van der Waals surface area contributed by atoms with Crippen LogP contribution in [0.1, 0.15) is 19.8 Å². The molecule has 1 atom stereocenters. The minimum atomic E-state index is -0.728. The number of piperazine rings is 1. The number of rotatable bonds is 5. The maximum atomic E-state index is 13.3. The minimum absolute atomic E-state index is 0.0491. The molecule has 2 aliphatic heterocycles. The molecule has 2 saturated heterocycles. The van der Waals surface area contributed by atoms with E-state index in [1.807, 2.05) is 16.7 Å². The molecule has 2 N–H and O–H groups in total. The molecule has 154 valence electrons. The van der Waals surface area contributed by atoms with Crippen molar-refractivity contribution in [1.29, 1.82) is 0 Å². The maximum Gasteiger partial charge on any atom is 0.254 e. The van der Waals surface area contributed by atoms with E-state index in [9.17, 15) is 14.0 Å². The van der Waals surface area contributed by atoms with Crippen molar-refractivity contribution in [3.63, 3.8) is 0 Å². The summed E-state index contributed by atoms with van der Waals surface area (Å²) in [5.41, 5.74) is -0.285. The van der Waals surface area contributed by atoms with Gasteiger partial charge in [0.25, 0.3) is 5.91 Å². The third-order valence-corrected chi connectivity index (χ3v) is 5.81. The Labute approximate surface area is 165 Å². The van der Waals surface area contributed by atoms with Crippen molar-refractivity contribution in [3.8, 4) is 0 Å². The number of nitrogens with zero attached hydrogens (tertiary/aromatic N) is 2. The van der Waals surface area contributed by atoms with Crippen molar-refractivity contribution in [1.82, 2.24) is 15.1 Å². The zero-order valence-corrected chi connectivity index (χ0v) is 16.5. The van der Waals surface area contributed by atoms with E-state index in [4.69, 9.17) is 4.74 Å². The minimum Gasteiger partial charge on any atom is -0.368 e. The van der Waals surface area contributed by atoms with Crippen LogP contribution >= 0.6 is 0 Å². The SMILES string of the molecule is COC1(C(=O)N2CCN(C(C)C(=O)Nc3cccc(F)c3)CC2)CCNCC1. The highest BCUT2D eigenvalue weighted by molar-refractivity contribution is 5.94. The zero-order valence-electron chi connectivity index (χ0n) is 16.5. The lowest BCUT2D eigenvalue weighted by Crippen LogP contribution is -2.60. The molecular formula is C20H29FN4O3. The van der Waals surface area contributed by atoms with Crippen molar-refractivity contribution < 1.29 is 18.7 Å². The van der Waals surface area contributed by atoms with Crippen LogP contribution in [0.15, 0.2) is 24.3 Å². The molecule has 0 aromatic heterocycles. The summed E-state index contributed by atoms with van der Waals surface area (Å²) >= 11 is 0. The third-order valence-electron chi connectivity index (χ3n) is 5.81. The standard InChI is InChI=1S/C20H29FN4O3/c1-15(18(26)23-17-5-3-4-16(21)14-17)24-10-12-25(13-11-24)19(27)20(28-2)6-8-22-9-7-20/h3-5,14-15,22H,6-13H2,1-2H3,(H,23,26). The highest BCUT2D eigenvalue weighted by atomic mass is 19.1. The van der Waals surface area contributed by atoms with Gasteiger partial charge in [0.2, 0.25) is 5.91 Å². The van der Waals surface area contributed by atoms with E-state index in [2.05, 4.69) is 10.6 Å². The quantitative estimate of drug-likeness (QED) is 0.784.